The molecule has 1 aromatic carbocycles. The van der Waals surface area contributed by atoms with Gasteiger partial charge in [-0.25, -0.2) is 9.78 Å². The van der Waals surface area contributed by atoms with Gasteiger partial charge in [0.25, 0.3) is 5.56 Å². The molecule has 0 fully saturated rings. The molecular weight excluding hydrogens is 376 g/mol. The maximum absolute atomic E-state index is 12.4. The minimum atomic E-state index is -0.934. The lowest BCUT2D eigenvalue weighted by molar-refractivity contribution is -0.141. The number of rotatable bonds is 7. The second kappa shape index (κ2) is 9.01. The van der Waals surface area contributed by atoms with E-state index in [1.54, 1.807) is 54.1 Å². The van der Waals surface area contributed by atoms with Crippen LogP contribution >= 0.6 is 0 Å². The van der Waals surface area contributed by atoms with Gasteiger partial charge in [-0.2, -0.15) is 0 Å². The predicted octanol–water partition coefficient (Wildman–Crippen LogP) is 2.37. The summed E-state index contributed by atoms with van der Waals surface area (Å²) in [7, 11) is 1.26. The van der Waals surface area contributed by atoms with E-state index in [4.69, 9.17) is 13.9 Å². The molecule has 0 saturated carbocycles. The standard InChI is InChI=1S/C21H20N2O6/c1-3-28-20(25)16-12-22-19(29-16)18(21(26)27-2)15-9-7-14(8-10-15)13-23-11-5-4-6-17(23)24/h4-12,18H,3,13H2,1-2H3. The van der Waals surface area contributed by atoms with E-state index >= 15 is 0 Å². The molecule has 0 N–H and O–H groups in total. The van der Waals surface area contributed by atoms with Crippen LogP contribution in [0, 0.1) is 0 Å². The Morgan fingerprint density at radius 2 is 1.93 bits per heavy atom. The summed E-state index contributed by atoms with van der Waals surface area (Å²) < 4.78 is 16.8. The van der Waals surface area contributed by atoms with Gasteiger partial charge in [0.05, 0.1) is 26.5 Å². The van der Waals surface area contributed by atoms with Crippen LogP contribution in [0.25, 0.3) is 0 Å². The van der Waals surface area contributed by atoms with Crippen LogP contribution in [-0.4, -0.2) is 35.2 Å². The zero-order chi connectivity index (χ0) is 20.8. The van der Waals surface area contributed by atoms with Crippen molar-refractivity contribution < 1.29 is 23.5 Å². The van der Waals surface area contributed by atoms with Crippen molar-refractivity contribution in [3.05, 3.63) is 88.0 Å². The van der Waals surface area contributed by atoms with Crippen molar-refractivity contribution in [3.8, 4) is 0 Å². The van der Waals surface area contributed by atoms with E-state index in [0.29, 0.717) is 12.1 Å². The smallest absolute Gasteiger partial charge is 0.375 e. The highest BCUT2D eigenvalue weighted by Crippen LogP contribution is 2.26. The molecule has 0 amide bonds. The number of ether oxygens (including phenoxy) is 2. The van der Waals surface area contributed by atoms with Crippen LogP contribution in [0.2, 0.25) is 0 Å². The van der Waals surface area contributed by atoms with Crippen molar-refractivity contribution in [3.63, 3.8) is 0 Å². The fourth-order valence-corrected chi connectivity index (χ4v) is 2.82. The van der Waals surface area contributed by atoms with Crippen molar-refractivity contribution in [2.24, 2.45) is 0 Å². The van der Waals surface area contributed by atoms with Crippen LogP contribution in [0.5, 0.6) is 0 Å². The van der Waals surface area contributed by atoms with Crippen LogP contribution in [0.1, 0.15) is 40.4 Å². The highest BCUT2D eigenvalue weighted by Gasteiger charge is 2.29. The largest absolute Gasteiger partial charge is 0.468 e. The number of carbonyl (C=O) groups is 2. The van der Waals surface area contributed by atoms with Crippen molar-refractivity contribution in [2.75, 3.05) is 13.7 Å². The molecule has 3 rings (SSSR count). The van der Waals surface area contributed by atoms with Crippen LogP contribution in [0.3, 0.4) is 0 Å². The Labute approximate surface area is 166 Å². The number of aromatic nitrogens is 2. The summed E-state index contributed by atoms with van der Waals surface area (Å²) in [4.78, 5) is 40.1. The summed E-state index contributed by atoms with van der Waals surface area (Å²) in [5.41, 5.74) is 1.36. The SMILES string of the molecule is CCOC(=O)c1cnc(C(C(=O)OC)c2ccc(Cn3ccccc3=O)cc2)o1. The third-order valence-electron chi connectivity index (χ3n) is 4.25. The molecule has 0 aliphatic carbocycles. The van der Waals surface area contributed by atoms with Crippen LogP contribution in [-0.2, 0) is 20.8 Å². The fourth-order valence-electron chi connectivity index (χ4n) is 2.82. The van der Waals surface area contributed by atoms with Gasteiger partial charge < -0.3 is 18.5 Å². The third-order valence-corrected chi connectivity index (χ3v) is 4.25. The Hall–Kier alpha value is -3.68. The first-order valence-electron chi connectivity index (χ1n) is 8.98. The molecular formula is C21H20N2O6. The highest BCUT2D eigenvalue weighted by molar-refractivity contribution is 5.86. The number of hydrogen-bond acceptors (Lipinski definition) is 7. The molecule has 0 aliphatic rings. The Balaban J connectivity index is 1.86. The molecule has 0 aliphatic heterocycles. The van der Waals surface area contributed by atoms with E-state index in [2.05, 4.69) is 4.98 Å². The third kappa shape index (κ3) is 4.60. The van der Waals surface area contributed by atoms with E-state index in [1.807, 2.05) is 0 Å². The molecule has 1 unspecified atom stereocenters. The quantitative estimate of drug-likeness (QED) is 0.565. The first-order chi connectivity index (χ1) is 14.0. The van der Waals surface area contributed by atoms with Crippen molar-refractivity contribution >= 4 is 11.9 Å². The Morgan fingerprint density at radius 1 is 1.17 bits per heavy atom. The summed E-state index contributed by atoms with van der Waals surface area (Å²) in [5.74, 6) is -2.22. The fraction of sp³-hybridized carbons (Fsp3) is 0.238. The summed E-state index contributed by atoms with van der Waals surface area (Å²) >= 11 is 0. The van der Waals surface area contributed by atoms with Gasteiger partial charge in [-0.3, -0.25) is 9.59 Å². The lowest BCUT2D eigenvalue weighted by Crippen LogP contribution is -2.18. The lowest BCUT2D eigenvalue weighted by atomic mass is 9.98. The zero-order valence-electron chi connectivity index (χ0n) is 16.0. The molecule has 1 atom stereocenters. The minimum Gasteiger partial charge on any atom is -0.468 e. The first kappa shape index (κ1) is 20.1. The number of hydrogen-bond donors (Lipinski definition) is 0. The second-order valence-corrected chi connectivity index (χ2v) is 6.15. The number of benzene rings is 1. The maximum atomic E-state index is 12.4. The van der Waals surface area contributed by atoms with Gasteiger partial charge in [0, 0.05) is 12.3 Å². The Bertz CT molecular complexity index is 1050. The number of nitrogens with zero attached hydrogens (tertiary/aromatic N) is 2. The first-order valence-corrected chi connectivity index (χ1v) is 8.98. The van der Waals surface area contributed by atoms with Crippen LogP contribution < -0.4 is 5.56 Å². The molecule has 0 bridgehead atoms. The van der Waals surface area contributed by atoms with E-state index in [0.717, 1.165) is 5.56 Å². The van der Waals surface area contributed by atoms with E-state index in [-0.39, 0.29) is 23.8 Å². The summed E-state index contributed by atoms with van der Waals surface area (Å²) in [6.07, 6.45) is 2.93. The molecule has 3 aromatic rings. The zero-order valence-corrected chi connectivity index (χ0v) is 16.0. The molecule has 0 radical (unpaired) electrons. The summed E-state index contributed by atoms with van der Waals surface area (Å²) in [6, 6.07) is 12.0. The highest BCUT2D eigenvalue weighted by atomic mass is 16.5. The summed E-state index contributed by atoms with van der Waals surface area (Å²) in [6.45, 7) is 2.27. The van der Waals surface area contributed by atoms with Crippen LogP contribution in [0.4, 0.5) is 0 Å². The number of esters is 2. The average Bonchev–Trinajstić information content (AvgIpc) is 3.21. The van der Waals surface area contributed by atoms with E-state index in [1.165, 1.54) is 19.4 Å². The topological polar surface area (TPSA) is 101 Å². The Morgan fingerprint density at radius 3 is 2.59 bits per heavy atom. The van der Waals surface area contributed by atoms with Crippen LogP contribution in [0.15, 0.2) is 64.1 Å². The number of pyridine rings is 1. The molecule has 150 valence electrons. The van der Waals surface area contributed by atoms with Gasteiger partial charge in [0.2, 0.25) is 11.7 Å². The van der Waals surface area contributed by atoms with Gasteiger partial charge in [-0.1, -0.05) is 30.3 Å². The lowest BCUT2D eigenvalue weighted by Gasteiger charge is -2.13. The number of oxazole rings is 1. The van der Waals surface area contributed by atoms with Gasteiger partial charge in [0.1, 0.15) is 0 Å². The van der Waals surface area contributed by atoms with E-state index < -0.39 is 17.9 Å². The molecule has 29 heavy (non-hydrogen) atoms. The van der Waals surface area contributed by atoms with Gasteiger partial charge >= 0.3 is 11.9 Å². The van der Waals surface area contributed by atoms with Gasteiger partial charge in [-0.05, 0) is 24.1 Å². The van der Waals surface area contributed by atoms with Gasteiger partial charge in [0.15, 0.2) is 5.92 Å². The summed E-state index contributed by atoms with van der Waals surface area (Å²) in [5, 5.41) is 0. The Kier molecular flexibility index (Phi) is 6.23. The molecule has 8 nitrogen and oxygen atoms in total. The monoisotopic (exact) mass is 396 g/mol. The molecule has 2 aromatic heterocycles. The average molecular weight is 396 g/mol. The van der Waals surface area contributed by atoms with Crippen molar-refractivity contribution in [1.29, 1.82) is 0 Å². The minimum absolute atomic E-state index is 0.0342. The molecule has 0 spiro atoms. The van der Waals surface area contributed by atoms with Crippen molar-refractivity contribution in [1.82, 2.24) is 9.55 Å². The normalized spacial score (nSPS) is 11.7. The van der Waals surface area contributed by atoms with E-state index in [9.17, 15) is 14.4 Å². The molecule has 8 heteroatoms. The number of carbonyl (C=O) groups excluding carboxylic acids is 2. The maximum Gasteiger partial charge on any atom is 0.375 e. The predicted molar refractivity (Wildman–Crippen MR) is 103 cm³/mol. The number of methoxy groups -OCH3 is 1. The van der Waals surface area contributed by atoms with Gasteiger partial charge in [-0.15, -0.1) is 0 Å². The van der Waals surface area contributed by atoms with Crippen molar-refractivity contribution in [2.45, 2.75) is 19.4 Å². The molecule has 0 saturated heterocycles. The molecule has 2 heterocycles. The second-order valence-electron chi connectivity index (χ2n) is 6.15.